The lowest BCUT2D eigenvalue weighted by molar-refractivity contribution is 0.317. The molecular weight excluding hydrogens is 336 g/mol. The summed E-state index contributed by atoms with van der Waals surface area (Å²) in [6.45, 7) is 2.86. The summed E-state index contributed by atoms with van der Waals surface area (Å²) in [5.74, 6) is 0.930. The van der Waals surface area contributed by atoms with Gasteiger partial charge in [-0.2, -0.15) is 0 Å². The van der Waals surface area contributed by atoms with Crippen LogP contribution in [0.1, 0.15) is 29.3 Å². The Balaban J connectivity index is 2.06. The molecule has 1 atom stereocenters. The second kappa shape index (κ2) is 7.70. The van der Waals surface area contributed by atoms with Gasteiger partial charge in [-0.25, -0.2) is 0 Å². The Hall–Kier alpha value is -0.990. The highest BCUT2D eigenvalue weighted by molar-refractivity contribution is 9.09. The summed E-state index contributed by atoms with van der Waals surface area (Å²) in [6.07, 6.45) is 1.92. The van der Waals surface area contributed by atoms with Crippen molar-refractivity contribution in [2.45, 2.75) is 24.6 Å². The fraction of sp³-hybridized carbons (Fsp3) is 0.294. The van der Waals surface area contributed by atoms with E-state index in [0.29, 0.717) is 0 Å². The summed E-state index contributed by atoms with van der Waals surface area (Å²) in [5, 5.41) is 0.780. The van der Waals surface area contributed by atoms with E-state index < -0.39 is 0 Å². The third-order valence-corrected chi connectivity index (χ3v) is 4.08. The number of hydrogen-bond donors (Lipinski definition) is 0. The van der Waals surface area contributed by atoms with Crippen LogP contribution in [-0.2, 0) is 6.42 Å². The number of hydrogen-bond acceptors (Lipinski definition) is 1. The lowest BCUT2D eigenvalue weighted by Gasteiger charge is -2.12. The minimum Gasteiger partial charge on any atom is -0.494 e. The van der Waals surface area contributed by atoms with E-state index in [2.05, 4.69) is 41.1 Å². The van der Waals surface area contributed by atoms with E-state index in [4.69, 9.17) is 16.3 Å². The predicted molar refractivity (Wildman–Crippen MR) is 89.1 cm³/mol. The molecule has 0 aliphatic rings. The largest absolute Gasteiger partial charge is 0.494 e. The van der Waals surface area contributed by atoms with Gasteiger partial charge >= 0.3 is 0 Å². The van der Waals surface area contributed by atoms with Crippen LogP contribution in [0.15, 0.2) is 48.5 Å². The van der Waals surface area contributed by atoms with Crippen molar-refractivity contribution in [3.63, 3.8) is 0 Å². The molecule has 3 heteroatoms. The van der Waals surface area contributed by atoms with E-state index in [1.807, 2.05) is 30.3 Å². The number of alkyl halides is 1. The van der Waals surface area contributed by atoms with Gasteiger partial charge in [0.1, 0.15) is 5.75 Å². The molecule has 0 heterocycles. The molecule has 2 aromatic carbocycles. The molecule has 0 amide bonds. The monoisotopic (exact) mass is 352 g/mol. The van der Waals surface area contributed by atoms with E-state index in [0.717, 1.165) is 30.2 Å². The minimum absolute atomic E-state index is 0.256. The maximum Gasteiger partial charge on any atom is 0.119 e. The number of benzene rings is 2. The van der Waals surface area contributed by atoms with Crippen LogP contribution in [0.5, 0.6) is 5.75 Å². The van der Waals surface area contributed by atoms with Crippen molar-refractivity contribution in [1.82, 2.24) is 0 Å². The zero-order chi connectivity index (χ0) is 14.4. The van der Waals surface area contributed by atoms with E-state index in [1.165, 1.54) is 11.1 Å². The molecule has 0 saturated heterocycles. The van der Waals surface area contributed by atoms with E-state index >= 15 is 0 Å². The molecule has 0 bridgehead atoms. The Bertz CT molecular complexity index is 556. The summed E-state index contributed by atoms with van der Waals surface area (Å²) in [5.41, 5.74) is 2.44. The second-order valence-corrected chi connectivity index (χ2v) is 6.26. The third-order valence-electron chi connectivity index (χ3n) is 3.00. The topological polar surface area (TPSA) is 9.23 Å². The fourth-order valence-corrected chi connectivity index (χ4v) is 2.88. The molecule has 2 rings (SSSR count). The van der Waals surface area contributed by atoms with Crippen LogP contribution in [-0.4, -0.2) is 6.61 Å². The normalized spacial score (nSPS) is 12.2. The van der Waals surface area contributed by atoms with Crippen LogP contribution in [0.2, 0.25) is 5.02 Å². The van der Waals surface area contributed by atoms with Gasteiger partial charge in [0, 0.05) is 9.85 Å². The van der Waals surface area contributed by atoms with E-state index in [1.54, 1.807) is 0 Å². The van der Waals surface area contributed by atoms with Crippen LogP contribution in [0.25, 0.3) is 0 Å². The average molecular weight is 354 g/mol. The van der Waals surface area contributed by atoms with Crippen molar-refractivity contribution < 1.29 is 4.74 Å². The van der Waals surface area contributed by atoms with Crippen LogP contribution < -0.4 is 4.74 Å². The molecule has 0 fully saturated rings. The van der Waals surface area contributed by atoms with Gasteiger partial charge in [-0.1, -0.05) is 58.7 Å². The van der Waals surface area contributed by atoms with Crippen LogP contribution in [0, 0.1) is 0 Å². The summed E-state index contributed by atoms with van der Waals surface area (Å²) in [6, 6.07) is 16.2. The lowest BCUT2D eigenvalue weighted by atomic mass is 10.0. The molecule has 0 N–H and O–H groups in total. The molecule has 0 saturated carbocycles. The Morgan fingerprint density at radius 1 is 1.15 bits per heavy atom. The first kappa shape index (κ1) is 15.4. The van der Waals surface area contributed by atoms with Gasteiger partial charge in [0.25, 0.3) is 0 Å². The van der Waals surface area contributed by atoms with Crippen LogP contribution in [0.3, 0.4) is 0 Å². The maximum atomic E-state index is 6.02. The SMILES string of the molecule is CCCOc1cccc(C(Br)Cc2cccc(Cl)c2)c1. The zero-order valence-corrected chi connectivity index (χ0v) is 13.8. The highest BCUT2D eigenvalue weighted by atomic mass is 79.9. The van der Waals surface area contributed by atoms with Gasteiger partial charge in [-0.15, -0.1) is 0 Å². The van der Waals surface area contributed by atoms with Crippen molar-refractivity contribution in [1.29, 1.82) is 0 Å². The summed E-state index contributed by atoms with van der Waals surface area (Å²) >= 11 is 9.77. The number of halogens is 2. The molecule has 20 heavy (non-hydrogen) atoms. The van der Waals surface area contributed by atoms with Gasteiger partial charge in [0.2, 0.25) is 0 Å². The van der Waals surface area contributed by atoms with Gasteiger partial charge in [0.15, 0.2) is 0 Å². The Labute approximate surface area is 134 Å². The van der Waals surface area contributed by atoms with Gasteiger partial charge in [-0.05, 0) is 48.2 Å². The standard InChI is InChI=1S/C17H18BrClO/c1-2-9-20-16-8-4-6-14(12-16)17(18)11-13-5-3-7-15(19)10-13/h3-8,10,12,17H,2,9,11H2,1H3. The smallest absolute Gasteiger partial charge is 0.119 e. The van der Waals surface area contributed by atoms with Crippen molar-refractivity contribution in [2.75, 3.05) is 6.61 Å². The number of ether oxygens (including phenoxy) is 1. The molecule has 2 aromatic rings. The average Bonchev–Trinajstić information content (AvgIpc) is 2.45. The molecule has 0 radical (unpaired) electrons. The number of rotatable bonds is 6. The zero-order valence-electron chi connectivity index (χ0n) is 11.5. The molecule has 0 spiro atoms. The molecule has 1 unspecified atom stereocenters. The van der Waals surface area contributed by atoms with Gasteiger partial charge in [0.05, 0.1) is 6.61 Å². The predicted octanol–water partition coefficient (Wildman–Crippen LogP) is 5.81. The van der Waals surface area contributed by atoms with Crippen LogP contribution in [0.4, 0.5) is 0 Å². The third kappa shape index (κ3) is 4.53. The first-order valence-electron chi connectivity index (χ1n) is 6.80. The van der Waals surface area contributed by atoms with Crippen molar-refractivity contribution in [3.8, 4) is 5.75 Å². The van der Waals surface area contributed by atoms with E-state index in [9.17, 15) is 0 Å². The van der Waals surface area contributed by atoms with Crippen LogP contribution >= 0.6 is 27.5 Å². The Kier molecular flexibility index (Phi) is 5.93. The minimum atomic E-state index is 0.256. The summed E-state index contributed by atoms with van der Waals surface area (Å²) < 4.78 is 5.67. The molecular formula is C17H18BrClO. The van der Waals surface area contributed by atoms with Crippen molar-refractivity contribution >= 4 is 27.5 Å². The first-order chi connectivity index (χ1) is 9.69. The quantitative estimate of drug-likeness (QED) is 0.596. The Morgan fingerprint density at radius 2 is 1.95 bits per heavy atom. The van der Waals surface area contributed by atoms with Crippen molar-refractivity contribution in [2.24, 2.45) is 0 Å². The highest BCUT2D eigenvalue weighted by Gasteiger charge is 2.10. The second-order valence-electron chi connectivity index (χ2n) is 4.72. The first-order valence-corrected chi connectivity index (χ1v) is 8.09. The summed E-state index contributed by atoms with van der Waals surface area (Å²) in [7, 11) is 0. The van der Waals surface area contributed by atoms with E-state index in [-0.39, 0.29) is 4.83 Å². The van der Waals surface area contributed by atoms with Gasteiger partial charge < -0.3 is 4.74 Å². The molecule has 0 aromatic heterocycles. The molecule has 0 aliphatic carbocycles. The maximum absolute atomic E-state index is 6.02. The lowest BCUT2D eigenvalue weighted by Crippen LogP contribution is -1.98. The Morgan fingerprint density at radius 3 is 2.70 bits per heavy atom. The van der Waals surface area contributed by atoms with Crippen molar-refractivity contribution in [3.05, 3.63) is 64.7 Å². The fourth-order valence-electron chi connectivity index (χ4n) is 2.01. The highest BCUT2D eigenvalue weighted by Crippen LogP contribution is 2.30. The van der Waals surface area contributed by atoms with Gasteiger partial charge in [-0.3, -0.25) is 0 Å². The molecule has 106 valence electrons. The molecule has 1 nitrogen and oxygen atoms in total. The molecule has 0 aliphatic heterocycles. The summed E-state index contributed by atoms with van der Waals surface area (Å²) in [4.78, 5) is 0.256.